The van der Waals surface area contributed by atoms with Crippen molar-refractivity contribution in [2.45, 2.75) is 13.8 Å². The molecule has 0 N–H and O–H groups in total. The van der Waals surface area contributed by atoms with Crippen molar-refractivity contribution in [2.75, 3.05) is 0 Å². The van der Waals surface area contributed by atoms with Crippen molar-refractivity contribution >= 4 is 12.2 Å². The summed E-state index contributed by atoms with van der Waals surface area (Å²) < 4.78 is 5.06. The minimum atomic E-state index is -0.312. The maximum atomic E-state index is 11.2. The van der Waals surface area contributed by atoms with Gasteiger partial charge in [-0.25, -0.2) is 4.79 Å². The normalized spacial score (nSPS) is 10.9. The molecular formula is C15H14O2. The summed E-state index contributed by atoms with van der Waals surface area (Å²) in [5.41, 5.74) is 2.90. The standard InChI is InChI=1S/C15H14O2/c1-11-3-5-13(6-4-11)7-8-14-9-12(2)10-15(16)17-14/h3-10H,1-2H3/b8-7+. The summed E-state index contributed by atoms with van der Waals surface area (Å²) in [6.45, 7) is 3.92. The first kappa shape index (κ1) is 11.4. The van der Waals surface area contributed by atoms with E-state index in [2.05, 4.69) is 0 Å². The number of hydrogen-bond donors (Lipinski definition) is 0. The zero-order chi connectivity index (χ0) is 12.3. The summed E-state index contributed by atoms with van der Waals surface area (Å²) in [7, 11) is 0. The number of benzene rings is 1. The van der Waals surface area contributed by atoms with Crippen LogP contribution in [0.1, 0.15) is 22.5 Å². The van der Waals surface area contributed by atoms with Crippen LogP contribution in [0.2, 0.25) is 0 Å². The molecule has 2 heteroatoms. The molecule has 0 spiro atoms. The van der Waals surface area contributed by atoms with E-state index < -0.39 is 0 Å². The van der Waals surface area contributed by atoms with Crippen LogP contribution < -0.4 is 5.63 Å². The third-order valence-electron chi connectivity index (χ3n) is 2.45. The highest BCUT2D eigenvalue weighted by Gasteiger charge is 1.94. The van der Waals surface area contributed by atoms with Gasteiger partial charge < -0.3 is 4.42 Å². The highest BCUT2D eigenvalue weighted by molar-refractivity contribution is 5.67. The molecule has 17 heavy (non-hydrogen) atoms. The van der Waals surface area contributed by atoms with Gasteiger partial charge in [-0.1, -0.05) is 35.9 Å². The maximum Gasteiger partial charge on any atom is 0.336 e. The highest BCUT2D eigenvalue weighted by Crippen LogP contribution is 2.09. The average Bonchev–Trinajstić information content (AvgIpc) is 2.27. The fourth-order valence-electron chi connectivity index (χ4n) is 1.57. The molecule has 86 valence electrons. The largest absolute Gasteiger partial charge is 0.423 e. The second-order valence-corrected chi connectivity index (χ2v) is 4.10. The third kappa shape index (κ3) is 3.18. The molecule has 1 aromatic heterocycles. The van der Waals surface area contributed by atoms with Crippen molar-refractivity contribution in [3.63, 3.8) is 0 Å². The van der Waals surface area contributed by atoms with Crippen LogP contribution in [0.5, 0.6) is 0 Å². The van der Waals surface area contributed by atoms with Gasteiger partial charge in [0, 0.05) is 6.07 Å². The third-order valence-corrected chi connectivity index (χ3v) is 2.45. The SMILES string of the molecule is Cc1ccc(/C=C/c2cc(C)cc(=O)o2)cc1. The lowest BCUT2D eigenvalue weighted by Gasteiger charge is -1.96. The van der Waals surface area contributed by atoms with Crippen LogP contribution in [0.15, 0.2) is 45.6 Å². The minimum Gasteiger partial charge on any atom is -0.423 e. The molecule has 0 saturated carbocycles. The van der Waals surface area contributed by atoms with Crippen molar-refractivity contribution in [1.29, 1.82) is 0 Å². The Morgan fingerprint density at radius 2 is 1.65 bits per heavy atom. The average molecular weight is 226 g/mol. The van der Waals surface area contributed by atoms with E-state index in [4.69, 9.17) is 4.42 Å². The van der Waals surface area contributed by atoms with Gasteiger partial charge in [0.05, 0.1) is 0 Å². The lowest BCUT2D eigenvalue weighted by molar-refractivity contribution is 0.500. The molecule has 0 radical (unpaired) electrons. The quantitative estimate of drug-likeness (QED) is 0.785. The fraction of sp³-hybridized carbons (Fsp3) is 0.133. The van der Waals surface area contributed by atoms with E-state index in [1.165, 1.54) is 11.6 Å². The summed E-state index contributed by atoms with van der Waals surface area (Å²) in [5.74, 6) is 0.579. The van der Waals surface area contributed by atoms with Gasteiger partial charge >= 0.3 is 5.63 Å². The smallest absolute Gasteiger partial charge is 0.336 e. The Morgan fingerprint density at radius 1 is 0.941 bits per heavy atom. The van der Waals surface area contributed by atoms with E-state index in [1.807, 2.05) is 50.3 Å². The molecule has 0 saturated heterocycles. The predicted molar refractivity (Wildman–Crippen MR) is 69.8 cm³/mol. The van der Waals surface area contributed by atoms with E-state index in [1.54, 1.807) is 6.08 Å². The predicted octanol–water partition coefficient (Wildman–Crippen LogP) is 3.43. The van der Waals surface area contributed by atoms with Crippen molar-refractivity contribution in [3.05, 3.63) is 69.3 Å². The van der Waals surface area contributed by atoms with Crippen LogP contribution in [0, 0.1) is 13.8 Å². The second kappa shape index (κ2) is 4.83. The summed E-state index contributed by atoms with van der Waals surface area (Å²) in [6.07, 6.45) is 3.73. The van der Waals surface area contributed by atoms with E-state index in [9.17, 15) is 4.79 Å². The van der Waals surface area contributed by atoms with E-state index in [0.29, 0.717) is 5.76 Å². The molecule has 1 heterocycles. The Labute approximate surface area is 100 Å². The van der Waals surface area contributed by atoms with Crippen LogP contribution in [0.4, 0.5) is 0 Å². The van der Waals surface area contributed by atoms with Crippen molar-refractivity contribution < 1.29 is 4.42 Å². The Kier molecular flexibility index (Phi) is 3.24. The lowest BCUT2D eigenvalue weighted by Crippen LogP contribution is -1.97. The summed E-state index contributed by atoms with van der Waals surface area (Å²) >= 11 is 0. The molecule has 0 bridgehead atoms. The van der Waals surface area contributed by atoms with Crippen LogP contribution >= 0.6 is 0 Å². The maximum absolute atomic E-state index is 11.2. The van der Waals surface area contributed by atoms with Crippen LogP contribution in [-0.2, 0) is 0 Å². The molecule has 0 amide bonds. The first-order chi connectivity index (χ1) is 8.13. The molecule has 1 aromatic carbocycles. The zero-order valence-corrected chi connectivity index (χ0v) is 9.94. The molecule has 2 aromatic rings. The van der Waals surface area contributed by atoms with Crippen LogP contribution in [-0.4, -0.2) is 0 Å². The number of aryl methyl sites for hydroxylation is 2. The molecule has 0 aliphatic carbocycles. The number of rotatable bonds is 2. The van der Waals surface area contributed by atoms with Crippen molar-refractivity contribution in [3.8, 4) is 0 Å². The van der Waals surface area contributed by atoms with E-state index in [-0.39, 0.29) is 5.63 Å². The van der Waals surface area contributed by atoms with Crippen LogP contribution in [0.25, 0.3) is 12.2 Å². The van der Waals surface area contributed by atoms with Gasteiger partial charge in [-0.2, -0.15) is 0 Å². The molecular weight excluding hydrogens is 212 g/mol. The zero-order valence-electron chi connectivity index (χ0n) is 9.94. The monoisotopic (exact) mass is 226 g/mol. The molecule has 0 unspecified atom stereocenters. The molecule has 2 nitrogen and oxygen atoms in total. The van der Waals surface area contributed by atoms with Gasteiger partial charge in [-0.05, 0) is 37.1 Å². The fourth-order valence-corrected chi connectivity index (χ4v) is 1.57. The highest BCUT2D eigenvalue weighted by atomic mass is 16.4. The topological polar surface area (TPSA) is 30.2 Å². The first-order valence-electron chi connectivity index (χ1n) is 5.50. The Balaban J connectivity index is 2.25. The van der Waals surface area contributed by atoms with E-state index in [0.717, 1.165) is 11.1 Å². The lowest BCUT2D eigenvalue weighted by atomic mass is 10.1. The molecule has 0 fully saturated rings. The van der Waals surface area contributed by atoms with Gasteiger partial charge in [0.1, 0.15) is 5.76 Å². The summed E-state index contributed by atoms with van der Waals surface area (Å²) in [4.78, 5) is 11.2. The van der Waals surface area contributed by atoms with Gasteiger partial charge in [-0.15, -0.1) is 0 Å². The van der Waals surface area contributed by atoms with Crippen molar-refractivity contribution in [1.82, 2.24) is 0 Å². The summed E-state index contributed by atoms with van der Waals surface area (Å²) in [5, 5.41) is 0. The Bertz CT molecular complexity index is 589. The molecule has 0 aliphatic heterocycles. The molecule has 0 aliphatic rings. The Hall–Kier alpha value is -2.09. The number of hydrogen-bond acceptors (Lipinski definition) is 2. The summed E-state index contributed by atoms with van der Waals surface area (Å²) in [6, 6.07) is 11.5. The van der Waals surface area contributed by atoms with Crippen molar-refractivity contribution in [2.24, 2.45) is 0 Å². The Morgan fingerprint density at radius 3 is 2.29 bits per heavy atom. The second-order valence-electron chi connectivity index (χ2n) is 4.10. The van der Waals surface area contributed by atoms with Crippen LogP contribution in [0.3, 0.4) is 0 Å². The molecule has 0 atom stereocenters. The van der Waals surface area contributed by atoms with Gasteiger partial charge in [0.25, 0.3) is 0 Å². The van der Waals surface area contributed by atoms with Gasteiger partial charge in [0.15, 0.2) is 0 Å². The first-order valence-corrected chi connectivity index (χ1v) is 5.50. The van der Waals surface area contributed by atoms with E-state index >= 15 is 0 Å². The van der Waals surface area contributed by atoms with Gasteiger partial charge in [0.2, 0.25) is 0 Å². The molecule has 2 rings (SSSR count). The minimum absolute atomic E-state index is 0.312. The van der Waals surface area contributed by atoms with Gasteiger partial charge in [-0.3, -0.25) is 0 Å².